The molecule has 1 unspecified atom stereocenters. The van der Waals surface area contributed by atoms with Crippen LogP contribution in [0.25, 0.3) is 0 Å². The second-order valence-corrected chi connectivity index (χ2v) is 6.85. The van der Waals surface area contributed by atoms with Gasteiger partial charge in [0.05, 0.1) is 12.6 Å². The first-order chi connectivity index (χ1) is 13.6. The van der Waals surface area contributed by atoms with Crippen LogP contribution in [0.3, 0.4) is 0 Å². The third-order valence-electron chi connectivity index (χ3n) is 4.82. The topological polar surface area (TPSA) is 83.4 Å². The van der Waals surface area contributed by atoms with Gasteiger partial charge in [0.2, 0.25) is 0 Å². The summed E-state index contributed by atoms with van der Waals surface area (Å²) < 4.78 is 10.9. The summed E-state index contributed by atoms with van der Waals surface area (Å²) in [5.74, 6) is -0.399. The molecule has 1 atom stereocenters. The summed E-state index contributed by atoms with van der Waals surface area (Å²) >= 11 is 0. The normalized spacial score (nSPS) is 14.9. The molecule has 1 aliphatic carbocycles. The van der Waals surface area contributed by atoms with Crippen LogP contribution in [0.1, 0.15) is 56.3 Å². The van der Waals surface area contributed by atoms with Gasteiger partial charge in [-0.05, 0) is 63.1 Å². The molecule has 0 saturated carbocycles. The molecule has 1 aromatic rings. The van der Waals surface area contributed by atoms with Crippen LogP contribution >= 0.6 is 0 Å². The number of ether oxygens (including phenoxy) is 2. The van der Waals surface area contributed by atoms with Gasteiger partial charge < -0.3 is 20.1 Å². The van der Waals surface area contributed by atoms with E-state index in [1.54, 1.807) is 0 Å². The summed E-state index contributed by atoms with van der Waals surface area (Å²) in [5, 5.41) is 15.2. The number of nitrogens with zero attached hydrogens (tertiary/aromatic N) is 1. The van der Waals surface area contributed by atoms with Crippen molar-refractivity contribution in [1.29, 1.82) is 5.26 Å². The van der Waals surface area contributed by atoms with Crippen LogP contribution in [0.15, 0.2) is 30.0 Å². The second kappa shape index (κ2) is 11.5. The van der Waals surface area contributed by atoms with Crippen molar-refractivity contribution < 1.29 is 14.3 Å². The van der Waals surface area contributed by atoms with Crippen LogP contribution in [0.5, 0.6) is 0 Å². The fourth-order valence-electron chi connectivity index (χ4n) is 3.32. The fourth-order valence-corrected chi connectivity index (χ4v) is 3.32. The first-order valence-electron chi connectivity index (χ1n) is 10.1. The SMILES string of the molecule is CCOC(CN/C=C(/C#N)C(=O)NC(C)c1ccc2c(c1)CCCC2)OCC. The number of aryl methyl sites for hydroxylation is 2. The molecule has 0 aromatic heterocycles. The monoisotopic (exact) mass is 385 g/mol. The van der Waals surface area contributed by atoms with Crippen LogP contribution in [-0.2, 0) is 27.1 Å². The maximum atomic E-state index is 12.5. The summed E-state index contributed by atoms with van der Waals surface area (Å²) in [6.07, 6.45) is 5.69. The Morgan fingerprint density at radius 3 is 2.54 bits per heavy atom. The van der Waals surface area contributed by atoms with Gasteiger partial charge in [-0.1, -0.05) is 18.2 Å². The molecule has 6 heteroatoms. The van der Waals surface area contributed by atoms with E-state index in [-0.39, 0.29) is 11.6 Å². The maximum Gasteiger partial charge on any atom is 0.263 e. The van der Waals surface area contributed by atoms with E-state index < -0.39 is 12.2 Å². The second-order valence-electron chi connectivity index (χ2n) is 6.85. The van der Waals surface area contributed by atoms with E-state index in [0.717, 1.165) is 18.4 Å². The molecule has 0 spiro atoms. The standard InChI is InChI=1S/C22H31N3O3/c1-4-27-21(28-5-2)15-24-14-20(13-23)22(26)25-16(3)18-11-10-17-8-6-7-9-19(17)12-18/h10-12,14,16,21,24H,4-9,15H2,1-3H3,(H,25,26)/b20-14-. The summed E-state index contributed by atoms with van der Waals surface area (Å²) in [4.78, 5) is 12.5. The van der Waals surface area contributed by atoms with E-state index in [2.05, 4.69) is 28.8 Å². The molecule has 0 bridgehead atoms. The number of nitriles is 1. The highest BCUT2D eigenvalue weighted by atomic mass is 16.7. The van der Waals surface area contributed by atoms with Gasteiger partial charge in [0.25, 0.3) is 5.91 Å². The molecule has 2 N–H and O–H groups in total. The van der Waals surface area contributed by atoms with Gasteiger partial charge >= 0.3 is 0 Å². The lowest BCUT2D eigenvalue weighted by molar-refractivity contribution is -0.131. The van der Waals surface area contributed by atoms with Crippen molar-refractivity contribution in [2.24, 2.45) is 0 Å². The quantitative estimate of drug-likeness (QED) is 0.367. The van der Waals surface area contributed by atoms with E-state index in [0.29, 0.717) is 19.8 Å². The zero-order chi connectivity index (χ0) is 20.4. The van der Waals surface area contributed by atoms with E-state index in [1.807, 2.05) is 26.8 Å². The van der Waals surface area contributed by atoms with Crippen molar-refractivity contribution in [3.8, 4) is 6.07 Å². The molecule has 1 amide bonds. The highest BCUT2D eigenvalue weighted by Gasteiger charge is 2.16. The molecular weight excluding hydrogens is 354 g/mol. The fraction of sp³-hybridized carbons (Fsp3) is 0.545. The number of hydrogen-bond acceptors (Lipinski definition) is 5. The van der Waals surface area contributed by atoms with Crippen molar-refractivity contribution in [3.05, 3.63) is 46.7 Å². The third kappa shape index (κ3) is 6.36. The highest BCUT2D eigenvalue weighted by molar-refractivity contribution is 5.97. The lowest BCUT2D eigenvalue weighted by Gasteiger charge is -2.20. The molecule has 6 nitrogen and oxygen atoms in total. The van der Waals surface area contributed by atoms with Crippen LogP contribution in [-0.4, -0.2) is 32.0 Å². The number of hydrogen-bond donors (Lipinski definition) is 2. The van der Waals surface area contributed by atoms with E-state index in [9.17, 15) is 10.1 Å². The number of fused-ring (bicyclic) bond motifs is 1. The minimum atomic E-state index is -0.413. The number of benzene rings is 1. The first kappa shape index (κ1) is 21.9. The van der Waals surface area contributed by atoms with Crippen LogP contribution in [0, 0.1) is 11.3 Å². The lowest BCUT2D eigenvalue weighted by Crippen LogP contribution is -2.31. The predicted octanol–water partition coefficient (Wildman–Crippen LogP) is 3.14. The smallest absolute Gasteiger partial charge is 0.263 e. The zero-order valence-corrected chi connectivity index (χ0v) is 17.1. The van der Waals surface area contributed by atoms with Crippen molar-refractivity contribution in [3.63, 3.8) is 0 Å². The van der Waals surface area contributed by atoms with E-state index in [1.165, 1.54) is 30.2 Å². The number of carbonyl (C=O) groups excluding carboxylic acids is 1. The highest BCUT2D eigenvalue weighted by Crippen LogP contribution is 2.24. The van der Waals surface area contributed by atoms with Gasteiger partial charge in [0.1, 0.15) is 11.6 Å². The Kier molecular flexibility index (Phi) is 8.99. The van der Waals surface area contributed by atoms with Gasteiger partial charge in [0.15, 0.2) is 6.29 Å². The Labute approximate surface area is 167 Å². The largest absolute Gasteiger partial charge is 0.385 e. The minimum absolute atomic E-state index is 0.0246. The molecule has 0 heterocycles. The Morgan fingerprint density at radius 1 is 1.21 bits per heavy atom. The molecule has 28 heavy (non-hydrogen) atoms. The number of nitrogens with one attached hydrogen (secondary N) is 2. The van der Waals surface area contributed by atoms with Gasteiger partial charge in [-0.25, -0.2) is 0 Å². The van der Waals surface area contributed by atoms with Gasteiger partial charge in [-0.3, -0.25) is 4.79 Å². The minimum Gasteiger partial charge on any atom is -0.385 e. The van der Waals surface area contributed by atoms with Crippen molar-refractivity contribution in [2.75, 3.05) is 19.8 Å². The molecule has 2 rings (SSSR count). The first-order valence-corrected chi connectivity index (χ1v) is 10.1. The number of amides is 1. The molecular formula is C22H31N3O3. The van der Waals surface area contributed by atoms with Crippen LogP contribution in [0.4, 0.5) is 0 Å². The lowest BCUT2D eigenvalue weighted by atomic mass is 9.89. The van der Waals surface area contributed by atoms with E-state index >= 15 is 0 Å². The summed E-state index contributed by atoms with van der Waals surface area (Å²) in [6, 6.07) is 8.19. The van der Waals surface area contributed by atoms with Crippen LogP contribution in [0.2, 0.25) is 0 Å². The Balaban J connectivity index is 1.94. The zero-order valence-electron chi connectivity index (χ0n) is 17.1. The Bertz CT molecular complexity index is 718. The molecule has 0 saturated heterocycles. The average Bonchev–Trinajstić information content (AvgIpc) is 2.71. The Morgan fingerprint density at radius 2 is 1.89 bits per heavy atom. The van der Waals surface area contributed by atoms with Crippen molar-refractivity contribution in [2.45, 2.75) is 58.8 Å². The molecule has 152 valence electrons. The molecule has 1 aliphatic rings. The predicted molar refractivity (Wildman–Crippen MR) is 108 cm³/mol. The van der Waals surface area contributed by atoms with Gasteiger partial charge in [-0.15, -0.1) is 0 Å². The van der Waals surface area contributed by atoms with Gasteiger partial charge in [-0.2, -0.15) is 5.26 Å². The van der Waals surface area contributed by atoms with Crippen molar-refractivity contribution >= 4 is 5.91 Å². The molecule has 0 radical (unpaired) electrons. The maximum absolute atomic E-state index is 12.5. The Hall–Kier alpha value is -2.36. The van der Waals surface area contributed by atoms with Crippen molar-refractivity contribution in [1.82, 2.24) is 10.6 Å². The van der Waals surface area contributed by atoms with Crippen LogP contribution < -0.4 is 10.6 Å². The number of carbonyl (C=O) groups is 1. The summed E-state index contributed by atoms with van der Waals surface area (Å²) in [5.41, 5.74) is 3.87. The summed E-state index contributed by atoms with van der Waals surface area (Å²) in [7, 11) is 0. The molecule has 0 fully saturated rings. The van der Waals surface area contributed by atoms with Gasteiger partial charge in [0, 0.05) is 19.4 Å². The summed E-state index contributed by atoms with van der Waals surface area (Å²) in [6.45, 7) is 7.13. The molecule has 0 aliphatic heterocycles. The van der Waals surface area contributed by atoms with E-state index in [4.69, 9.17) is 9.47 Å². The molecule has 1 aromatic carbocycles. The third-order valence-corrected chi connectivity index (χ3v) is 4.82. The average molecular weight is 386 g/mol. The number of rotatable bonds is 10.